The van der Waals surface area contributed by atoms with Crippen LogP contribution in [0.25, 0.3) is 0 Å². The molecule has 1 amide bonds. The van der Waals surface area contributed by atoms with E-state index >= 15 is 0 Å². The van der Waals surface area contributed by atoms with Crippen LogP contribution in [0.1, 0.15) is 42.6 Å². The number of amides is 1. The van der Waals surface area contributed by atoms with Crippen molar-refractivity contribution in [1.82, 2.24) is 5.32 Å². The minimum atomic E-state index is -1.27. The number of hydrogen-bond donors (Lipinski definition) is 2. The highest BCUT2D eigenvalue weighted by Crippen LogP contribution is 2.27. The maximum Gasteiger partial charge on any atom is 0.258 e. The molecule has 0 saturated carbocycles. The number of aryl methyl sites for hydroxylation is 1. The van der Waals surface area contributed by atoms with Gasteiger partial charge in [-0.2, -0.15) is 0 Å². The molecule has 2 rings (SSSR count). The van der Waals surface area contributed by atoms with Gasteiger partial charge in [-0.1, -0.05) is 32.0 Å². The van der Waals surface area contributed by atoms with E-state index < -0.39 is 23.6 Å². The maximum atomic E-state index is 13.6. The van der Waals surface area contributed by atoms with Crippen molar-refractivity contribution in [2.75, 3.05) is 13.2 Å². The number of halogens is 2. The van der Waals surface area contributed by atoms with Gasteiger partial charge in [0, 0.05) is 18.2 Å². The second-order valence-corrected chi connectivity index (χ2v) is 6.47. The second kappa shape index (κ2) is 8.76. The van der Waals surface area contributed by atoms with E-state index in [0.29, 0.717) is 11.8 Å². The fourth-order valence-electron chi connectivity index (χ4n) is 2.53. The van der Waals surface area contributed by atoms with Crippen molar-refractivity contribution < 1.29 is 23.4 Å². The van der Waals surface area contributed by atoms with Crippen LogP contribution >= 0.6 is 0 Å². The quantitative estimate of drug-likeness (QED) is 0.790. The van der Waals surface area contributed by atoms with Crippen LogP contribution < -0.4 is 10.1 Å². The molecule has 0 unspecified atom stereocenters. The highest BCUT2D eigenvalue weighted by molar-refractivity contribution is 5.77. The largest absolute Gasteiger partial charge is 0.483 e. The van der Waals surface area contributed by atoms with Gasteiger partial charge >= 0.3 is 0 Å². The van der Waals surface area contributed by atoms with Gasteiger partial charge in [-0.05, 0) is 36.1 Å². The molecule has 0 aliphatic carbocycles. The van der Waals surface area contributed by atoms with Gasteiger partial charge in [0.25, 0.3) is 5.91 Å². The van der Waals surface area contributed by atoms with Crippen molar-refractivity contribution in [3.63, 3.8) is 0 Å². The second-order valence-electron chi connectivity index (χ2n) is 6.47. The standard InChI is InChI=1S/C20H23F2NO3/c1-12(2)15-6-4-13(3)8-19(15)26-11-20(25)23-10-18(24)16-7-5-14(21)9-17(16)22/h4-9,12,18,24H,10-11H2,1-3H3,(H,23,25)/t18-/m0/s1. The first kappa shape index (κ1) is 19.8. The monoisotopic (exact) mass is 363 g/mol. The Morgan fingerprint density at radius 1 is 1.15 bits per heavy atom. The molecule has 2 aromatic rings. The third kappa shape index (κ3) is 5.26. The zero-order valence-electron chi connectivity index (χ0n) is 15.1. The average Bonchev–Trinajstić information content (AvgIpc) is 2.57. The van der Waals surface area contributed by atoms with Crippen LogP contribution in [0.5, 0.6) is 5.75 Å². The summed E-state index contributed by atoms with van der Waals surface area (Å²) >= 11 is 0. The van der Waals surface area contributed by atoms with E-state index in [-0.39, 0.29) is 24.6 Å². The first-order valence-corrected chi connectivity index (χ1v) is 8.41. The molecule has 0 aliphatic heterocycles. The molecule has 4 nitrogen and oxygen atoms in total. The Morgan fingerprint density at radius 2 is 1.85 bits per heavy atom. The molecule has 2 aromatic carbocycles. The van der Waals surface area contributed by atoms with Crippen molar-refractivity contribution in [1.29, 1.82) is 0 Å². The molecule has 1 atom stereocenters. The average molecular weight is 363 g/mol. The van der Waals surface area contributed by atoms with Crippen molar-refractivity contribution in [3.05, 3.63) is 64.7 Å². The van der Waals surface area contributed by atoms with Gasteiger partial charge in [0.05, 0.1) is 6.10 Å². The van der Waals surface area contributed by atoms with E-state index in [1.165, 1.54) is 0 Å². The molecule has 0 bridgehead atoms. The summed E-state index contributed by atoms with van der Waals surface area (Å²) in [7, 11) is 0. The number of nitrogens with one attached hydrogen (secondary N) is 1. The summed E-state index contributed by atoms with van der Waals surface area (Å²) < 4.78 is 32.1. The SMILES string of the molecule is Cc1ccc(C(C)C)c(OCC(=O)NC[C@H](O)c2ccc(F)cc2F)c1. The zero-order chi connectivity index (χ0) is 19.3. The van der Waals surface area contributed by atoms with Crippen LogP contribution in [-0.2, 0) is 4.79 Å². The Hall–Kier alpha value is -2.47. The van der Waals surface area contributed by atoms with Crippen LogP contribution in [0.2, 0.25) is 0 Å². The Bertz CT molecular complexity index is 778. The minimum Gasteiger partial charge on any atom is -0.483 e. The molecular formula is C20H23F2NO3. The number of ether oxygens (including phenoxy) is 1. The van der Waals surface area contributed by atoms with Crippen LogP contribution in [-0.4, -0.2) is 24.2 Å². The molecule has 6 heteroatoms. The van der Waals surface area contributed by atoms with Crippen LogP contribution in [0.4, 0.5) is 8.78 Å². The molecular weight excluding hydrogens is 340 g/mol. The van der Waals surface area contributed by atoms with Gasteiger partial charge in [-0.25, -0.2) is 8.78 Å². The molecule has 0 saturated heterocycles. The number of hydrogen-bond acceptors (Lipinski definition) is 3. The fourth-order valence-corrected chi connectivity index (χ4v) is 2.53. The molecule has 26 heavy (non-hydrogen) atoms. The van der Waals surface area contributed by atoms with Crippen LogP contribution in [0.15, 0.2) is 36.4 Å². The summed E-state index contributed by atoms with van der Waals surface area (Å²) in [5.74, 6) is -1.14. The number of rotatable bonds is 7. The Morgan fingerprint density at radius 3 is 2.50 bits per heavy atom. The lowest BCUT2D eigenvalue weighted by Gasteiger charge is -2.16. The van der Waals surface area contributed by atoms with Gasteiger partial charge in [-0.15, -0.1) is 0 Å². The molecule has 0 aromatic heterocycles. The molecule has 0 spiro atoms. The van der Waals surface area contributed by atoms with Crippen LogP contribution in [0, 0.1) is 18.6 Å². The summed E-state index contributed by atoms with van der Waals surface area (Å²) in [6.07, 6.45) is -1.27. The smallest absolute Gasteiger partial charge is 0.258 e. The first-order chi connectivity index (χ1) is 12.3. The number of benzene rings is 2. The Kier molecular flexibility index (Phi) is 6.69. The number of aliphatic hydroxyl groups is 1. The predicted molar refractivity (Wildman–Crippen MR) is 95.1 cm³/mol. The summed E-state index contributed by atoms with van der Waals surface area (Å²) in [6, 6.07) is 8.71. The maximum absolute atomic E-state index is 13.6. The molecule has 140 valence electrons. The molecule has 0 aliphatic rings. The number of carbonyl (C=O) groups excluding carboxylic acids is 1. The lowest BCUT2D eigenvalue weighted by Crippen LogP contribution is -2.32. The lowest BCUT2D eigenvalue weighted by atomic mass is 10.0. The Balaban J connectivity index is 1.90. The summed E-state index contributed by atoms with van der Waals surface area (Å²) in [5.41, 5.74) is 1.94. The molecule has 0 radical (unpaired) electrons. The fraction of sp³-hybridized carbons (Fsp3) is 0.350. The van der Waals surface area contributed by atoms with Crippen molar-refractivity contribution in [2.45, 2.75) is 32.8 Å². The van der Waals surface area contributed by atoms with E-state index in [1.54, 1.807) is 0 Å². The highest BCUT2D eigenvalue weighted by Gasteiger charge is 2.15. The lowest BCUT2D eigenvalue weighted by molar-refractivity contribution is -0.123. The van der Waals surface area contributed by atoms with Gasteiger partial charge in [0.15, 0.2) is 6.61 Å². The third-order valence-corrected chi connectivity index (χ3v) is 3.96. The third-order valence-electron chi connectivity index (χ3n) is 3.96. The normalized spacial score (nSPS) is 12.1. The van der Waals surface area contributed by atoms with Crippen molar-refractivity contribution >= 4 is 5.91 Å². The molecule has 0 heterocycles. The van der Waals surface area contributed by atoms with Gasteiger partial charge in [0.1, 0.15) is 17.4 Å². The minimum absolute atomic E-state index is 0.0756. The predicted octanol–water partition coefficient (Wildman–Crippen LogP) is 3.63. The number of carbonyl (C=O) groups is 1. The van der Waals surface area contributed by atoms with Crippen molar-refractivity contribution in [3.8, 4) is 5.75 Å². The highest BCUT2D eigenvalue weighted by atomic mass is 19.1. The van der Waals surface area contributed by atoms with E-state index in [1.807, 2.05) is 39.0 Å². The van der Waals surface area contributed by atoms with E-state index in [9.17, 15) is 18.7 Å². The zero-order valence-corrected chi connectivity index (χ0v) is 15.1. The first-order valence-electron chi connectivity index (χ1n) is 8.41. The number of aliphatic hydroxyl groups excluding tert-OH is 1. The summed E-state index contributed by atoms with van der Waals surface area (Å²) in [6.45, 7) is 5.58. The topological polar surface area (TPSA) is 58.6 Å². The van der Waals surface area contributed by atoms with Crippen molar-refractivity contribution in [2.24, 2.45) is 0 Å². The molecule has 2 N–H and O–H groups in total. The van der Waals surface area contributed by atoms with Gasteiger partial charge < -0.3 is 15.2 Å². The van der Waals surface area contributed by atoms with Crippen LogP contribution in [0.3, 0.4) is 0 Å². The van der Waals surface area contributed by atoms with Gasteiger partial charge in [0.2, 0.25) is 0 Å². The van der Waals surface area contributed by atoms with E-state index in [0.717, 1.165) is 23.3 Å². The van der Waals surface area contributed by atoms with Gasteiger partial charge in [-0.3, -0.25) is 4.79 Å². The molecule has 0 fully saturated rings. The Labute approximate surface area is 151 Å². The summed E-state index contributed by atoms with van der Waals surface area (Å²) in [4.78, 5) is 12.0. The van der Waals surface area contributed by atoms with E-state index in [4.69, 9.17) is 4.74 Å². The van der Waals surface area contributed by atoms with E-state index in [2.05, 4.69) is 5.32 Å². The summed E-state index contributed by atoms with van der Waals surface area (Å²) in [5, 5.41) is 12.4.